The molecule has 2 amide bonds. The van der Waals surface area contributed by atoms with Crippen LogP contribution in [-0.2, 0) is 26.2 Å². The van der Waals surface area contributed by atoms with Crippen molar-refractivity contribution in [1.82, 2.24) is 10.2 Å². The number of carbonyl (C=O) groups excluding carboxylic acids is 2. The molecule has 0 aliphatic heterocycles. The number of hydrogen-bond donors (Lipinski definition) is 1. The molecular weight excluding hydrogens is 550 g/mol. The molecule has 0 fully saturated rings. The first-order valence-corrected chi connectivity index (χ1v) is 14.9. The van der Waals surface area contributed by atoms with Gasteiger partial charge in [-0.1, -0.05) is 66.0 Å². The second-order valence-electron chi connectivity index (χ2n) is 9.62. The van der Waals surface area contributed by atoms with Gasteiger partial charge in [0, 0.05) is 18.1 Å². The van der Waals surface area contributed by atoms with Gasteiger partial charge in [-0.05, 0) is 63.1 Å². The normalized spacial score (nSPS) is 11.9. The van der Waals surface area contributed by atoms with Crippen LogP contribution in [0.25, 0.3) is 0 Å². The predicted octanol–water partition coefficient (Wildman–Crippen LogP) is 5.10. The van der Waals surface area contributed by atoms with Crippen LogP contribution >= 0.6 is 11.6 Å². The first-order chi connectivity index (χ1) is 19.0. The molecule has 0 spiro atoms. The molecule has 0 unspecified atom stereocenters. The quantitative estimate of drug-likeness (QED) is 0.319. The van der Waals surface area contributed by atoms with E-state index < -0.39 is 28.5 Å². The molecule has 3 aromatic carbocycles. The van der Waals surface area contributed by atoms with Gasteiger partial charge in [-0.3, -0.25) is 13.9 Å². The molecule has 1 N–H and O–H groups in total. The number of amides is 2. The Hall–Kier alpha value is -3.56. The zero-order chi connectivity index (χ0) is 29.4. The topological polar surface area (TPSA) is 96.0 Å². The lowest BCUT2D eigenvalue weighted by Crippen LogP contribution is -2.51. The van der Waals surface area contributed by atoms with Crippen molar-refractivity contribution >= 4 is 39.1 Å². The molecule has 0 aromatic heterocycles. The summed E-state index contributed by atoms with van der Waals surface area (Å²) in [7, 11) is -2.83. The maximum absolute atomic E-state index is 14.0. The SMILES string of the molecule is CCCNC(=O)[C@H](C)N(Cc1ccc(C)cc1)C(=O)CN(c1cc(Cl)ccc1OC)S(=O)(=O)c1ccc(C)cc1. The van der Waals surface area contributed by atoms with Crippen molar-refractivity contribution in [3.05, 3.63) is 88.4 Å². The van der Waals surface area contributed by atoms with E-state index in [0.29, 0.717) is 6.54 Å². The fraction of sp³-hybridized carbons (Fsp3) is 0.333. The highest BCUT2D eigenvalue weighted by atomic mass is 35.5. The van der Waals surface area contributed by atoms with E-state index in [2.05, 4.69) is 5.32 Å². The van der Waals surface area contributed by atoms with Gasteiger partial charge in [0.05, 0.1) is 17.7 Å². The van der Waals surface area contributed by atoms with E-state index in [4.69, 9.17) is 16.3 Å². The Kier molecular flexibility index (Phi) is 10.6. The number of halogens is 1. The van der Waals surface area contributed by atoms with Gasteiger partial charge in [-0.2, -0.15) is 0 Å². The highest BCUT2D eigenvalue weighted by Gasteiger charge is 2.34. The van der Waals surface area contributed by atoms with E-state index in [1.807, 2.05) is 45.0 Å². The molecule has 0 bridgehead atoms. The third-order valence-corrected chi connectivity index (χ3v) is 8.50. The number of nitrogens with one attached hydrogen (secondary N) is 1. The minimum Gasteiger partial charge on any atom is -0.495 e. The maximum Gasteiger partial charge on any atom is 0.264 e. The third kappa shape index (κ3) is 7.55. The van der Waals surface area contributed by atoms with Crippen molar-refractivity contribution in [1.29, 1.82) is 0 Å². The summed E-state index contributed by atoms with van der Waals surface area (Å²) >= 11 is 6.27. The average molecular weight is 586 g/mol. The molecule has 10 heteroatoms. The van der Waals surface area contributed by atoms with E-state index in [0.717, 1.165) is 27.4 Å². The van der Waals surface area contributed by atoms with E-state index in [9.17, 15) is 18.0 Å². The molecule has 40 heavy (non-hydrogen) atoms. The highest BCUT2D eigenvalue weighted by Crippen LogP contribution is 2.35. The Morgan fingerprint density at radius 3 is 2.15 bits per heavy atom. The minimum absolute atomic E-state index is 0.00625. The van der Waals surface area contributed by atoms with Crippen molar-refractivity contribution in [3.63, 3.8) is 0 Å². The summed E-state index contributed by atoms with van der Waals surface area (Å²) in [6.45, 7) is 7.38. The van der Waals surface area contributed by atoms with Gasteiger partial charge in [0.15, 0.2) is 0 Å². The number of benzene rings is 3. The van der Waals surface area contributed by atoms with Gasteiger partial charge in [0.2, 0.25) is 11.8 Å². The van der Waals surface area contributed by atoms with Gasteiger partial charge < -0.3 is 15.0 Å². The molecule has 3 rings (SSSR count). The Balaban J connectivity index is 2.08. The smallest absolute Gasteiger partial charge is 0.264 e. The number of rotatable bonds is 12. The van der Waals surface area contributed by atoms with E-state index >= 15 is 0 Å². The number of hydrogen-bond acceptors (Lipinski definition) is 5. The number of ether oxygens (including phenoxy) is 1. The molecule has 214 valence electrons. The molecule has 0 aliphatic rings. The number of nitrogens with zero attached hydrogens (tertiary/aromatic N) is 2. The van der Waals surface area contributed by atoms with Crippen molar-refractivity contribution in [3.8, 4) is 5.75 Å². The first kappa shape index (κ1) is 31.0. The molecule has 1 atom stereocenters. The number of methoxy groups -OCH3 is 1. The maximum atomic E-state index is 14.0. The van der Waals surface area contributed by atoms with Crippen LogP contribution < -0.4 is 14.4 Å². The lowest BCUT2D eigenvalue weighted by Gasteiger charge is -2.32. The van der Waals surface area contributed by atoms with Gasteiger partial charge in [-0.25, -0.2) is 8.42 Å². The zero-order valence-electron chi connectivity index (χ0n) is 23.5. The van der Waals surface area contributed by atoms with Crippen molar-refractivity contribution in [2.45, 2.75) is 51.6 Å². The largest absolute Gasteiger partial charge is 0.495 e. The molecular formula is C30H36ClN3O5S. The Morgan fingerprint density at radius 1 is 0.975 bits per heavy atom. The van der Waals surface area contributed by atoms with Crippen LogP contribution in [-0.4, -0.2) is 51.4 Å². The van der Waals surface area contributed by atoms with Crippen LogP contribution in [0.3, 0.4) is 0 Å². The number of aryl methyl sites for hydroxylation is 2. The highest BCUT2D eigenvalue weighted by molar-refractivity contribution is 7.92. The number of anilines is 1. The summed E-state index contributed by atoms with van der Waals surface area (Å²) in [6, 6.07) is 17.7. The standard InChI is InChI=1S/C30H36ClN3O5S/c1-6-17-32-30(36)23(4)33(19-24-11-7-21(2)8-12-24)29(35)20-34(27-18-25(31)13-16-28(27)39-5)40(37,38)26-14-9-22(3)10-15-26/h7-16,18,23H,6,17,19-20H2,1-5H3,(H,32,36)/t23-/m0/s1. The summed E-state index contributed by atoms with van der Waals surface area (Å²) in [4.78, 5) is 28.4. The second kappa shape index (κ2) is 13.7. The van der Waals surface area contributed by atoms with Crippen molar-refractivity contribution in [2.24, 2.45) is 0 Å². The molecule has 3 aromatic rings. The summed E-state index contributed by atoms with van der Waals surface area (Å²) in [5.74, 6) is -0.653. The summed E-state index contributed by atoms with van der Waals surface area (Å²) in [5, 5.41) is 3.11. The van der Waals surface area contributed by atoms with Crippen LogP contribution in [0.5, 0.6) is 5.75 Å². The fourth-order valence-electron chi connectivity index (χ4n) is 4.08. The molecule has 0 heterocycles. The van der Waals surface area contributed by atoms with E-state index in [1.165, 1.54) is 30.2 Å². The summed E-state index contributed by atoms with van der Waals surface area (Å²) in [6.07, 6.45) is 0.738. The van der Waals surface area contributed by atoms with E-state index in [1.54, 1.807) is 31.2 Å². The van der Waals surface area contributed by atoms with Gasteiger partial charge >= 0.3 is 0 Å². The molecule has 0 saturated carbocycles. The van der Waals surface area contributed by atoms with Gasteiger partial charge in [0.1, 0.15) is 18.3 Å². The third-order valence-electron chi connectivity index (χ3n) is 6.49. The minimum atomic E-state index is -4.24. The fourth-order valence-corrected chi connectivity index (χ4v) is 5.66. The lowest BCUT2D eigenvalue weighted by atomic mass is 10.1. The Morgan fingerprint density at radius 2 is 1.57 bits per heavy atom. The molecule has 8 nitrogen and oxygen atoms in total. The average Bonchev–Trinajstić information content (AvgIpc) is 2.93. The van der Waals surface area contributed by atoms with Crippen molar-refractivity contribution < 1.29 is 22.7 Å². The summed E-state index contributed by atoms with van der Waals surface area (Å²) in [5.41, 5.74) is 2.86. The molecule has 0 radical (unpaired) electrons. The van der Waals surface area contributed by atoms with Crippen LogP contribution in [0.15, 0.2) is 71.6 Å². The molecule has 0 aliphatic carbocycles. The first-order valence-electron chi connectivity index (χ1n) is 13.0. The Labute approximate surface area is 241 Å². The zero-order valence-corrected chi connectivity index (χ0v) is 25.1. The van der Waals surface area contributed by atoms with Gasteiger partial charge in [0.25, 0.3) is 10.0 Å². The second-order valence-corrected chi connectivity index (χ2v) is 11.9. The van der Waals surface area contributed by atoms with Crippen LogP contribution in [0.1, 0.15) is 37.0 Å². The Bertz CT molecular complexity index is 1430. The number of carbonyl (C=O) groups is 2. The molecule has 0 saturated heterocycles. The lowest BCUT2D eigenvalue weighted by molar-refractivity contribution is -0.139. The van der Waals surface area contributed by atoms with Crippen molar-refractivity contribution in [2.75, 3.05) is 24.5 Å². The number of sulfonamides is 1. The van der Waals surface area contributed by atoms with E-state index in [-0.39, 0.29) is 33.8 Å². The monoisotopic (exact) mass is 585 g/mol. The van der Waals surface area contributed by atoms with Crippen LogP contribution in [0.2, 0.25) is 5.02 Å². The van der Waals surface area contributed by atoms with Crippen LogP contribution in [0.4, 0.5) is 5.69 Å². The van der Waals surface area contributed by atoms with Gasteiger partial charge in [-0.15, -0.1) is 0 Å². The summed E-state index contributed by atoms with van der Waals surface area (Å²) < 4.78 is 34.4. The van der Waals surface area contributed by atoms with Crippen LogP contribution in [0, 0.1) is 13.8 Å². The predicted molar refractivity (Wildman–Crippen MR) is 158 cm³/mol.